The molecule has 0 heterocycles. The fraction of sp³-hybridized carbons (Fsp3) is 0.0816. The zero-order valence-electron chi connectivity index (χ0n) is 30.2. The van der Waals surface area contributed by atoms with Crippen molar-refractivity contribution in [3.8, 4) is 11.5 Å². The zero-order valence-corrected chi connectivity index (χ0v) is 30.2. The third-order valence-electron chi connectivity index (χ3n) is 9.35. The van der Waals surface area contributed by atoms with E-state index in [4.69, 9.17) is 9.47 Å². The van der Waals surface area contributed by atoms with Crippen LogP contribution in [0.1, 0.15) is 64.5 Å². The Morgan fingerprint density at radius 3 is 1.16 bits per heavy atom. The average molecular weight is 722 g/mol. The van der Waals surface area contributed by atoms with Crippen LogP contribution in [0, 0.1) is 0 Å². The predicted octanol–water partition coefficient (Wildman–Crippen LogP) is 10.6. The SMILES string of the molecule is O=Cc1cc(N(C(=O)c2ccccc2)c2cc(C=O)c(Cc3ccccc3)cc2OCc2ccccc2)c(OCc2ccccc2)cc1Cc1ccccc1. The van der Waals surface area contributed by atoms with Crippen LogP contribution < -0.4 is 14.4 Å². The first kappa shape index (κ1) is 36.3. The van der Waals surface area contributed by atoms with Gasteiger partial charge < -0.3 is 9.47 Å². The van der Waals surface area contributed by atoms with Crippen molar-refractivity contribution in [3.63, 3.8) is 0 Å². The van der Waals surface area contributed by atoms with Gasteiger partial charge in [0.15, 0.2) is 0 Å². The molecule has 0 bridgehead atoms. The van der Waals surface area contributed by atoms with Gasteiger partial charge in [-0.1, -0.05) is 140 Å². The molecule has 0 saturated carbocycles. The van der Waals surface area contributed by atoms with Crippen molar-refractivity contribution in [2.45, 2.75) is 26.1 Å². The quantitative estimate of drug-likeness (QED) is 0.0986. The van der Waals surface area contributed by atoms with Gasteiger partial charge in [0.1, 0.15) is 37.3 Å². The molecule has 0 radical (unpaired) electrons. The van der Waals surface area contributed by atoms with Crippen molar-refractivity contribution in [1.29, 1.82) is 0 Å². The van der Waals surface area contributed by atoms with Gasteiger partial charge in [-0.3, -0.25) is 19.3 Å². The molecule has 0 spiro atoms. The number of nitrogens with zero attached hydrogens (tertiary/aromatic N) is 1. The fourth-order valence-corrected chi connectivity index (χ4v) is 6.52. The minimum atomic E-state index is -0.393. The predicted molar refractivity (Wildman–Crippen MR) is 217 cm³/mol. The number of aldehydes is 2. The van der Waals surface area contributed by atoms with Crippen molar-refractivity contribution in [2.75, 3.05) is 4.90 Å². The molecule has 55 heavy (non-hydrogen) atoms. The van der Waals surface area contributed by atoms with Crippen molar-refractivity contribution in [1.82, 2.24) is 0 Å². The summed E-state index contributed by atoms with van der Waals surface area (Å²) < 4.78 is 13.2. The summed E-state index contributed by atoms with van der Waals surface area (Å²) in [6.45, 7) is 0.415. The van der Waals surface area contributed by atoms with E-state index in [2.05, 4.69) is 0 Å². The minimum Gasteiger partial charge on any atom is -0.487 e. The van der Waals surface area contributed by atoms with Crippen molar-refractivity contribution >= 4 is 29.9 Å². The Morgan fingerprint density at radius 2 is 0.800 bits per heavy atom. The molecule has 0 fully saturated rings. The van der Waals surface area contributed by atoms with Crippen LogP contribution in [0.2, 0.25) is 0 Å². The fourth-order valence-electron chi connectivity index (χ4n) is 6.52. The Morgan fingerprint density at radius 1 is 0.455 bits per heavy atom. The van der Waals surface area contributed by atoms with E-state index in [-0.39, 0.29) is 13.2 Å². The highest BCUT2D eigenvalue weighted by molar-refractivity contribution is 6.13. The molecule has 7 aromatic carbocycles. The van der Waals surface area contributed by atoms with Gasteiger partial charge in [0.25, 0.3) is 5.91 Å². The van der Waals surface area contributed by atoms with Gasteiger partial charge in [0, 0.05) is 16.7 Å². The standard InChI is InChI=1S/C49H39NO5/c51-32-43-28-45(47(54-34-38-20-10-3-11-21-38)30-41(43)26-36-16-6-1-7-17-36)50(49(53)40-24-14-5-15-25-40)46-29-44(33-52)42(27-37-18-8-2-9-19-37)31-48(46)55-35-39-22-12-4-13-23-39/h1-25,28-33H,26-27,34-35H2. The Balaban J connectivity index is 1.44. The summed E-state index contributed by atoms with van der Waals surface area (Å²) in [6, 6.07) is 55.3. The molecular weight excluding hydrogens is 683 g/mol. The van der Waals surface area contributed by atoms with E-state index in [1.54, 1.807) is 36.4 Å². The van der Waals surface area contributed by atoms with E-state index in [9.17, 15) is 14.4 Å². The summed E-state index contributed by atoms with van der Waals surface area (Å²) >= 11 is 0. The summed E-state index contributed by atoms with van der Waals surface area (Å²) in [4.78, 5) is 42.3. The molecule has 7 rings (SSSR count). The van der Waals surface area contributed by atoms with E-state index >= 15 is 0 Å². The number of carbonyl (C=O) groups is 3. The largest absolute Gasteiger partial charge is 0.487 e. The van der Waals surface area contributed by atoms with Gasteiger partial charge >= 0.3 is 0 Å². The van der Waals surface area contributed by atoms with Gasteiger partial charge in [0.2, 0.25) is 0 Å². The molecule has 0 aromatic heterocycles. The normalized spacial score (nSPS) is 10.7. The Labute approximate surface area is 321 Å². The maximum absolute atomic E-state index is 15.0. The van der Waals surface area contributed by atoms with E-state index < -0.39 is 5.91 Å². The second kappa shape index (κ2) is 17.6. The molecule has 7 aromatic rings. The Hall–Kier alpha value is -7.05. The lowest BCUT2D eigenvalue weighted by Crippen LogP contribution is -2.28. The van der Waals surface area contributed by atoms with E-state index in [1.165, 1.54) is 4.90 Å². The Bertz CT molecular complexity index is 2220. The second-order valence-corrected chi connectivity index (χ2v) is 13.2. The molecule has 0 N–H and O–H groups in total. The van der Waals surface area contributed by atoms with Crippen LogP contribution in [0.5, 0.6) is 11.5 Å². The summed E-state index contributed by atoms with van der Waals surface area (Å²) in [7, 11) is 0. The molecule has 0 saturated heterocycles. The monoisotopic (exact) mass is 721 g/mol. The molecule has 270 valence electrons. The van der Waals surface area contributed by atoms with E-state index in [1.807, 2.05) is 140 Å². The van der Waals surface area contributed by atoms with Crippen LogP contribution >= 0.6 is 0 Å². The smallest absolute Gasteiger partial charge is 0.263 e. The van der Waals surface area contributed by atoms with Gasteiger partial charge in [-0.15, -0.1) is 0 Å². The summed E-state index contributed by atoms with van der Waals surface area (Å²) in [5.41, 5.74) is 7.25. The molecular formula is C49H39NO5. The van der Waals surface area contributed by atoms with Crippen LogP contribution in [-0.2, 0) is 26.1 Å². The molecule has 6 nitrogen and oxygen atoms in total. The molecule has 0 aliphatic heterocycles. The van der Waals surface area contributed by atoms with E-state index in [0.29, 0.717) is 52.4 Å². The molecule has 0 unspecified atom stereocenters. The third kappa shape index (κ3) is 8.95. The van der Waals surface area contributed by atoms with Gasteiger partial charge in [-0.05, 0) is 82.6 Å². The number of hydrogen-bond acceptors (Lipinski definition) is 5. The molecule has 0 atom stereocenters. The first-order chi connectivity index (χ1) is 27.1. The molecule has 0 aliphatic rings. The first-order valence-corrected chi connectivity index (χ1v) is 18.1. The number of anilines is 2. The number of hydrogen-bond donors (Lipinski definition) is 0. The van der Waals surface area contributed by atoms with Crippen molar-refractivity contribution in [3.05, 3.63) is 226 Å². The van der Waals surface area contributed by atoms with Crippen LogP contribution in [0.4, 0.5) is 11.4 Å². The molecule has 0 aliphatic carbocycles. The lowest BCUT2D eigenvalue weighted by atomic mass is 9.97. The van der Waals surface area contributed by atoms with Gasteiger partial charge in [-0.2, -0.15) is 0 Å². The lowest BCUT2D eigenvalue weighted by Gasteiger charge is -2.29. The number of ether oxygens (including phenoxy) is 2. The summed E-state index contributed by atoms with van der Waals surface area (Å²) in [5.74, 6) is 0.384. The zero-order chi connectivity index (χ0) is 37.8. The number of amides is 1. The molecule has 1 amide bonds. The van der Waals surface area contributed by atoms with E-state index in [0.717, 1.165) is 46.0 Å². The van der Waals surface area contributed by atoms with Crippen molar-refractivity contribution < 1.29 is 23.9 Å². The summed E-state index contributed by atoms with van der Waals surface area (Å²) in [5, 5.41) is 0. The average Bonchev–Trinajstić information content (AvgIpc) is 3.25. The van der Waals surface area contributed by atoms with Gasteiger partial charge in [0.05, 0.1) is 11.4 Å². The second-order valence-electron chi connectivity index (χ2n) is 13.2. The Kier molecular flexibility index (Phi) is 11.7. The molecule has 6 heteroatoms. The number of rotatable bonds is 15. The number of benzene rings is 7. The van der Waals surface area contributed by atoms with Gasteiger partial charge in [-0.25, -0.2) is 0 Å². The first-order valence-electron chi connectivity index (χ1n) is 18.1. The highest BCUT2D eigenvalue weighted by Crippen LogP contribution is 2.43. The summed E-state index contributed by atoms with van der Waals surface area (Å²) in [6.07, 6.45) is 2.55. The maximum atomic E-state index is 15.0. The lowest BCUT2D eigenvalue weighted by molar-refractivity contribution is 0.0996. The van der Waals surface area contributed by atoms with Crippen LogP contribution in [-0.4, -0.2) is 18.5 Å². The third-order valence-corrected chi connectivity index (χ3v) is 9.35. The van der Waals surface area contributed by atoms with Crippen LogP contribution in [0.25, 0.3) is 0 Å². The highest BCUT2D eigenvalue weighted by atomic mass is 16.5. The van der Waals surface area contributed by atoms with Crippen LogP contribution in [0.3, 0.4) is 0 Å². The minimum absolute atomic E-state index is 0.208. The number of carbonyl (C=O) groups excluding carboxylic acids is 3. The van der Waals surface area contributed by atoms with Crippen molar-refractivity contribution in [2.24, 2.45) is 0 Å². The van der Waals surface area contributed by atoms with Crippen LogP contribution in [0.15, 0.2) is 176 Å². The topological polar surface area (TPSA) is 72.9 Å². The highest BCUT2D eigenvalue weighted by Gasteiger charge is 2.29. The maximum Gasteiger partial charge on any atom is 0.263 e.